The molecule has 0 aliphatic carbocycles. The number of hydrogen-bond donors (Lipinski definition) is 0. The van der Waals surface area contributed by atoms with E-state index in [-0.39, 0.29) is 17.4 Å². The molecule has 0 aromatic rings. The number of rotatable bonds is 2. The standard InChI is InChI=1S/C9H13N3O3.C2H6/c1-3-7(12(14)15)9(10-2)11-6-4-5-8(11)13;1-2/h3H,4-6H2,1-2H3;1-2H3/b7-3+,10-9?;. The lowest BCUT2D eigenvalue weighted by molar-refractivity contribution is -0.416. The van der Waals surface area contributed by atoms with Gasteiger partial charge < -0.3 is 0 Å². The van der Waals surface area contributed by atoms with Crippen molar-refractivity contribution in [3.8, 4) is 0 Å². The third-order valence-electron chi connectivity index (χ3n) is 2.24. The molecule has 0 saturated carbocycles. The molecule has 0 aromatic carbocycles. The van der Waals surface area contributed by atoms with Crippen LogP contribution < -0.4 is 0 Å². The van der Waals surface area contributed by atoms with Crippen molar-refractivity contribution in [3.05, 3.63) is 21.9 Å². The largest absolute Gasteiger partial charge is 0.307 e. The number of allylic oxidation sites excluding steroid dienone is 1. The van der Waals surface area contributed by atoms with E-state index < -0.39 is 4.92 Å². The first-order valence-electron chi connectivity index (χ1n) is 5.70. The Labute approximate surface area is 101 Å². The van der Waals surface area contributed by atoms with Crippen molar-refractivity contribution in [1.29, 1.82) is 0 Å². The maximum atomic E-state index is 11.4. The second-order valence-corrected chi connectivity index (χ2v) is 3.13. The number of nitro groups is 1. The van der Waals surface area contributed by atoms with Crippen LogP contribution in [-0.2, 0) is 4.79 Å². The molecule has 6 nitrogen and oxygen atoms in total. The molecule has 96 valence electrons. The molecule has 17 heavy (non-hydrogen) atoms. The van der Waals surface area contributed by atoms with Crippen molar-refractivity contribution >= 4 is 11.7 Å². The molecular weight excluding hydrogens is 222 g/mol. The van der Waals surface area contributed by atoms with E-state index in [1.54, 1.807) is 6.92 Å². The summed E-state index contributed by atoms with van der Waals surface area (Å²) in [5.41, 5.74) is -0.118. The van der Waals surface area contributed by atoms with Crippen molar-refractivity contribution in [3.63, 3.8) is 0 Å². The van der Waals surface area contributed by atoms with E-state index >= 15 is 0 Å². The van der Waals surface area contributed by atoms with Crippen LogP contribution in [0.5, 0.6) is 0 Å². The van der Waals surface area contributed by atoms with Gasteiger partial charge >= 0.3 is 5.70 Å². The van der Waals surface area contributed by atoms with Crippen LogP contribution >= 0.6 is 0 Å². The Kier molecular flexibility index (Phi) is 6.77. The van der Waals surface area contributed by atoms with Crippen LogP contribution in [0.3, 0.4) is 0 Å². The van der Waals surface area contributed by atoms with E-state index in [1.807, 2.05) is 13.8 Å². The molecular formula is C11H19N3O3. The molecule has 0 bridgehead atoms. The van der Waals surface area contributed by atoms with E-state index in [2.05, 4.69) is 4.99 Å². The van der Waals surface area contributed by atoms with Crippen molar-refractivity contribution in [2.45, 2.75) is 33.6 Å². The summed E-state index contributed by atoms with van der Waals surface area (Å²) in [5, 5.41) is 10.7. The Hall–Kier alpha value is -1.72. The second-order valence-electron chi connectivity index (χ2n) is 3.13. The topological polar surface area (TPSA) is 75.8 Å². The van der Waals surface area contributed by atoms with Gasteiger partial charge in [0.2, 0.25) is 11.7 Å². The van der Waals surface area contributed by atoms with Crippen molar-refractivity contribution in [2.24, 2.45) is 4.99 Å². The van der Waals surface area contributed by atoms with Gasteiger partial charge in [-0.15, -0.1) is 0 Å². The van der Waals surface area contributed by atoms with Gasteiger partial charge in [0.15, 0.2) is 0 Å². The van der Waals surface area contributed by atoms with Gasteiger partial charge in [0.1, 0.15) is 0 Å². The Morgan fingerprint density at radius 2 is 2.12 bits per heavy atom. The molecule has 0 N–H and O–H groups in total. The van der Waals surface area contributed by atoms with E-state index in [9.17, 15) is 14.9 Å². The molecule has 1 saturated heterocycles. The van der Waals surface area contributed by atoms with Gasteiger partial charge in [0, 0.05) is 20.0 Å². The summed E-state index contributed by atoms with van der Waals surface area (Å²) in [6.45, 7) is 6.07. The van der Waals surface area contributed by atoms with Crippen LogP contribution in [0, 0.1) is 10.1 Å². The number of hydrogen-bond acceptors (Lipinski definition) is 4. The fourth-order valence-corrected chi connectivity index (χ4v) is 1.56. The van der Waals surface area contributed by atoms with Gasteiger partial charge in [0.25, 0.3) is 0 Å². The van der Waals surface area contributed by atoms with Crippen LogP contribution in [0.25, 0.3) is 0 Å². The lowest BCUT2D eigenvalue weighted by Gasteiger charge is -2.15. The molecule has 0 unspecified atom stereocenters. The zero-order chi connectivity index (χ0) is 13.4. The maximum Gasteiger partial charge on any atom is 0.307 e. The van der Waals surface area contributed by atoms with Crippen molar-refractivity contribution < 1.29 is 9.72 Å². The number of carbonyl (C=O) groups excluding carboxylic acids is 1. The Bertz CT molecular complexity index is 348. The summed E-state index contributed by atoms with van der Waals surface area (Å²) in [6, 6.07) is 0. The molecule has 0 aromatic heterocycles. The highest BCUT2D eigenvalue weighted by molar-refractivity contribution is 6.07. The third kappa shape index (κ3) is 3.65. The molecule has 1 rings (SSSR count). The third-order valence-corrected chi connectivity index (χ3v) is 2.24. The Morgan fingerprint density at radius 1 is 1.53 bits per heavy atom. The first kappa shape index (κ1) is 15.3. The monoisotopic (exact) mass is 241 g/mol. The fourth-order valence-electron chi connectivity index (χ4n) is 1.56. The number of aliphatic imine (C=N–C) groups is 1. The minimum atomic E-state index is -0.520. The summed E-state index contributed by atoms with van der Waals surface area (Å²) in [4.78, 5) is 26.8. The number of nitrogens with zero attached hydrogens (tertiary/aromatic N) is 3. The average Bonchev–Trinajstić information content (AvgIpc) is 2.74. The molecule has 0 radical (unpaired) electrons. The molecule has 1 heterocycles. The van der Waals surface area contributed by atoms with Crippen molar-refractivity contribution in [1.82, 2.24) is 4.90 Å². The van der Waals surface area contributed by atoms with Crippen molar-refractivity contribution in [2.75, 3.05) is 13.6 Å². The van der Waals surface area contributed by atoms with Gasteiger partial charge in [-0.3, -0.25) is 24.8 Å². The molecule has 0 atom stereocenters. The summed E-state index contributed by atoms with van der Waals surface area (Å²) in [5.74, 6) is 0.0572. The van der Waals surface area contributed by atoms with Crippen LogP contribution in [0.4, 0.5) is 0 Å². The summed E-state index contributed by atoms with van der Waals surface area (Å²) >= 11 is 0. The zero-order valence-electron chi connectivity index (χ0n) is 10.8. The second kappa shape index (κ2) is 7.54. The van der Waals surface area contributed by atoms with E-state index in [4.69, 9.17) is 0 Å². The average molecular weight is 241 g/mol. The molecule has 6 heteroatoms. The van der Waals surface area contributed by atoms with Gasteiger partial charge in [-0.05, 0) is 19.4 Å². The zero-order valence-corrected chi connectivity index (χ0v) is 10.8. The Morgan fingerprint density at radius 3 is 2.41 bits per heavy atom. The van der Waals surface area contributed by atoms with Crippen LogP contribution in [0.15, 0.2) is 16.8 Å². The molecule has 1 amide bonds. The number of likely N-dealkylation sites (tertiary alicyclic amines) is 1. The van der Waals surface area contributed by atoms with E-state index in [0.29, 0.717) is 13.0 Å². The highest BCUT2D eigenvalue weighted by atomic mass is 16.6. The van der Waals surface area contributed by atoms with Crippen LogP contribution in [-0.4, -0.2) is 35.2 Å². The van der Waals surface area contributed by atoms with Gasteiger partial charge in [0.05, 0.1) is 4.92 Å². The highest BCUT2D eigenvalue weighted by Gasteiger charge is 2.31. The van der Waals surface area contributed by atoms with E-state index in [1.165, 1.54) is 18.0 Å². The molecule has 0 spiro atoms. The predicted molar refractivity (Wildman–Crippen MR) is 66.4 cm³/mol. The highest BCUT2D eigenvalue weighted by Crippen LogP contribution is 2.14. The first-order chi connectivity index (χ1) is 8.11. The Balaban J connectivity index is 0.00000121. The minimum Gasteiger partial charge on any atom is -0.291 e. The summed E-state index contributed by atoms with van der Waals surface area (Å²) in [7, 11) is 1.45. The van der Waals surface area contributed by atoms with Gasteiger partial charge in [-0.1, -0.05) is 13.8 Å². The molecule has 1 fully saturated rings. The number of carbonyl (C=O) groups is 1. The first-order valence-corrected chi connectivity index (χ1v) is 5.70. The smallest absolute Gasteiger partial charge is 0.291 e. The lowest BCUT2D eigenvalue weighted by Crippen LogP contribution is -2.35. The molecule has 1 aliphatic rings. The predicted octanol–water partition coefficient (Wildman–Crippen LogP) is 1.84. The number of amides is 1. The molecule has 1 aliphatic heterocycles. The number of amidine groups is 1. The quantitative estimate of drug-likeness (QED) is 0.320. The van der Waals surface area contributed by atoms with Gasteiger partial charge in [-0.25, -0.2) is 0 Å². The SMILES string of the molecule is C/C=C(\C(=NC)N1CCCC1=O)[N+](=O)[O-].CC. The fraction of sp³-hybridized carbons (Fsp3) is 0.636. The summed E-state index contributed by atoms with van der Waals surface area (Å²) < 4.78 is 0. The lowest BCUT2D eigenvalue weighted by atomic mass is 10.3. The maximum absolute atomic E-state index is 11.4. The normalized spacial score (nSPS) is 16.7. The van der Waals surface area contributed by atoms with E-state index in [0.717, 1.165) is 6.42 Å². The van der Waals surface area contributed by atoms with Crippen LogP contribution in [0.2, 0.25) is 0 Å². The summed E-state index contributed by atoms with van der Waals surface area (Å²) in [6.07, 6.45) is 2.52. The minimum absolute atomic E-state index is 0.100. The van der Waals surface area contributed by atoms with Crippen LogP contribution in [0.1, 0.15) is 33.6 Å². The van der Waals surface area contributed by atoms with Gasteiger partial charge in [-0.2, -0.15) is 0 Å².